The molecule has 1 aromatic carbocycles. The van der Waals surface area contributed by atoms with Crippen molar-refractivity contribution in [3.05, 3.63) is 35.6 Å². The Kier molecular flexibility index (Phi) is 10.0. The molecule has 1 aromatic heterocycles. The standard InChI is InChI=1S/C17H25N3O2.2ClH/c1-5-18-12(2)10-19-17(21)16-14(11-20(3)4)13-8-6-7-9-15(13)22-16;;/h6-9,12,18H,5,10-11H2,1-4H3,(H,19,21);2*1H/t12-;;/m1../s1. The molecule has 1 heterocycles. The van der Waals surface area contributed by atoms with E-state index in [0.717, 1.165) is 23.1 Å². The average Bonchev–Trinajstić information content (AvgIpc) is 2.83. The van der Waals surface area contributed by atoms with Crippen molar-refractivity contribution in [1.82, 2.24) is 15.5 Å². The second-order valence-corrected chi connectivity index (χ2v) is 5.81. The van der Waals surface area contributed by atoms with Gasteiger partial charge in [0.25, 0.3) is 5.91 Å². The van der Waals surface area contributed by atoms with Gasteiger partial charge in [0, 0.05) is 30.1 Å². The highest BCUT2D eigenvalue weighted by molar-refractivity contribution is 5.99. The summed E-state index contributed by atoms with van der Waals surface area (Å²) in [7, 11) is 3.97. The Hall–Kier alpha value is -1.27. The lowest BCUT2D eigenvalue weighted by Crippen LogP contribution is -2.39. The Bertz CT molecular complexity index is 644. The van der Waals surface area contributed by atoms with E-state index in [-0.39, 0.29) is 36.8 Å². The van der Waals surface area contributed by atoms with Crippen molar-refractivity contribution in [2.45, 2.75) is 26.4 Å². The summed E-state index contributed by atoms with van der Waals surface area (Å²) in [5.74, 6) is 0.261. The molecular formula is C17H27Cl2N3O2. The molecule has 1 atom stereocenters. The lowest BCUT2D eigenvalue weighted by Gasteiger charge is -2.13. The third-order valence-corrected chi connectivity index (χ3v) is 3.50. The molecule has 24 heavy (non-hydrogen) atoms. The number of fused-ring (bicyclic) bond motifs is 1. The summed E-state index contributed by atoms with van der Waals surface area (Å²) in [6.45, 7) is 6.22. The van der Waals surface area contributed by atoms with Crippen LogP contribution in [0.5, 0.6) is 0 Å². The van der Waals surface area contributed by atoms with Gasteiger partial charge in [0.2, 0.25) is 0 Å². The van der Waals surface area contributed by atoms with E-state index in [1.165, 1.54) is 0 Å². The van der Waals surface area contributed by atoms with E-state index in [1.54, 1.807) is 0 Å². The summed E-state index contributed by atoms with van der Waals surface area (Å²) in [5, 5.41) is 7.22. The van der Waals surface area contributed by atoms with Crippen molar-refractivity contribution in [2.24, 2.45) is 0 Å². The molecule has 0 aliphatic rings. The van der Waals surface area contributed by atoms with Crippen LogP contribution in [-0.4, -0.2) is 44.0 Å². The summed E-state index contributed by atoms with van der Waals surface area (Å²) < 4.78 is 5.80. The van der Waals surface area contributed by atoms with Crippen molar-refractivity contribution in [2.75, 3.05) is 27.2 Å². The van der Waals surface area contributed by atoms with Crippen LogP contribution in [0.2, 0.25) is 0 Å². The second-order valence-electron chi connectivity index (χ2n) is 5.81. The second kappa shape index (κ2) is 10.6. The van der Waals surface area contributed by atoms with E-state index in [4.69, 9.17) is 4.42 Å². The first kappa shape index (κ1) is 22.7. The number of carbonyl (C=O) groups excluding carboxylic acids is 1. The molecule has 0 bridgehead atoms. The number of furan rings is 1. The van der Waals surface area contributed by atoms with Crippen LogP contribution in [-0.2, 0) is 6.54 Å². The van der Waals surface area contributed by atoms with Crippen LogP contribution >= 0.6 is 24.8 Å². The quantitative estimate of drug-likeness (QED) is 0.780. The van der Waals surface area contributed by atoms with Gasteiger partial charge in [0.1, 0.15) is 5.58 Å². The summed E-state index contributed by atoms with van der Waals surface area (Å²) >= 11 is 0. The van der Waals surface area contributed by atoms with E-state index in [0.29, 0.717) is 18.8 Å². The van der Waals surface area contributed by atoms with Crippen LogP contribution in [0.4, 0.5) is 0 Å². The predicted octanol–water partition coefficient (Wildman–Crippen LogP) is 3.07. The van der Waals surface area contributed by atoms with Crippen LogP contribution in [0.1, 0.15) is 30.0 Å². The van der Waals surface area contributed by atoms with Gasteiger partial charge in [-0.2, -0.15) is 0 Å². The molecule has 2 aromatic rings. The zero-order chi connectivity index (χ0) is 16.1. The summed E-state index contributed by atoms with van der Waals surface area (Å²) in [6, 6.07) is 8.00. The number of amides is 1. The Labute approximate surface area is 156 Å². The molecule has 0 saturated carbocycles. The number of nitrogens with zero attached hydrogens (tertiary/aromatic N) is 1. The molecule has 0 aliphatic heterocycles. The maximum absolute atomic E-state index is 12.5. The van der Waals surface area contributed by atoms with Gasteiger partial charge in [0.05, 0.1) is 0 Å². The van der Waals surface area contributed by atoms with Crippen molar-refractivity contribution in [1.29, 1.82) is 0 Å². The number of likely N-dealkylation sites (N-methyl/N-ethyl adjacent to an activating group) is 1. The molecule has 7 heteroatoms. The molecule has 2 N–H and O–H groups in total. The number of halogens is 2. The molecule has 0 radical (unpaired) electrons. The first-order valence-corrected chi connectivity index (χ1v) is 7.69. The first-order valence-electron chi connectivity index (χ1n) is 7.69. The van der Waals surface area contributed by atoms with E-state index in [1.807, 2.05) is 57.1 Å². The lowest BCUT2D eigenvalue weighted by molar-refractivity contribution is 0.0922. The van der Waals surface area contributed by atoms with E-state index >= 15 is 0 Å². The zero-order valence-corrected chi connectivity index (χ0v) is 16.2. The highest BCUT2D eigenvalue weighted by Crippen LogP contribution is 2.26. The van der Waals surface area contributed by atoms with Gasteiger partial charge in [-0.1, -0.05) is 25.1 Å². The molecule has 1 amide bonds. The zero-order valence-electron chi connectivity index (χ0n) is 14.6. The molecule has 0 unspecified atom stereocenters. The molecule has 2 rings (SSSR count). The fraction of sp³-hybridized carbons (Fsp3) is 0.471. The molecule has 0 aliphatic carbocycles. The molecule has 0 saturated heterocycles. The monoisotopic (exact) mass is 375 g/mol. The lowest BCUT2D eigenvalue weighted by atomic mass is 10.1. The van der Waals surface area contributed by atoms with E-state index < -0.39 is 0 Å². The molecule has 0 fully saturated rings. The van der Waals surface area contributed by atoms with Gasteiger partial charge >= 0.3 is 0 Å². The van der Waals surface area contributed by atoms with Gasteiger partial charge < -0.3 is 20.0 Å². The van der Waals surface area contributed by atoms with Crippen LogP contribution in [0, 0.1) is 0 Å². The van der Waals surface area contributed by atoms with Crippen molar-refractivity contribution < 1.29 is 9.21 Å². The van der Waals surface area contributed by atoms with Gasteiger partial charge in [-0.05, 0) is 33.6 Å². The predicted molar refractivity (Wildman–Crippen MR) is 104 cm³/mol. The normalized spacial score (nSPS) is 11.7. The highest BCUT2D eigenvalue weighted by Gasteiger charge is 2.20. The van der Waals surface area contributed by atoms with Crippen molar-refractivity contribution in [3.63, 3.8) is 0 Å². The fourth-order valence-electron chi connectivity index (χ4n) is 2.50. The van der Waals surface area contributed by atoms with Gasteiger partial charge in [-0.15, -0.1) is 24.8 Å². The van der Waals surface area contributed by atoms with E-state index in [9.17, 15) is 4.79 Å². The maximum atomic E-state index is 12.5. The number of rotatable bonds is 7. The fourth-order valence-corrected chi connectivity index (χ4v) is 2.50. The number of nitrogens with one attached hydrogen (secondary N) is 2. The maximum Gasteiger partial charge on any atom is 0.287 e. The number of hydrogen-bond donors (Lipinski definition) is 2. The van der Waals surface area contributed by atoms with Gasteiger partial charge in [-0.25, -0.2) is 0 Å². The van der Waals surface area contributed by atoms with Crippen LogP contribution in [0.15, 0.2) is 28.7 Å². The van der Waals surface area contributed by atoms with Crippen molar-refractivity contribution >= 4 is 41.7 Å². The van der Waals surface area contributed by atoms with Crippen LogP contribution in [0.3, 0.4) is 0 Å². The number of hydrogen-bond acceptors (Lipinski definition) is 4. The minimum atomic E-state index is -0.155. The Morgan fingerprint density at radius 3 is 2.54 bits per heavy atom. The smallest absolute Gasteiger partial charge is 0.287 e. The molecular weight excluding hydrogens is 349 g/mol. The third-order valence-electron chi connectivity index (χ3n) is 3.50. The molecule has 5 nitrogen and oxygen atoms in total. The van der Waals surface area contributed by atoms with Crippen molar-refractivity contribution in [3.8, 4) is 0 Å². The summed E-state index contributed by atoms with van der Waals surface area (Å²) in [5.41, 5.74) is 1.69. The Morgan fingerprint density at radius 1 is 1.25 bits per heavy atom. The average molecular weight is 376 g/mol. The first-order chi connectivity index (χ1) is 10.5. The third kappa shape index (κ3) is 5.67. The topological polar surface area (TPSA) is 57.5 Å². The van der Waals surface area contributed by atoms with E-state index in [2.05, 4.69) is 10.6 Å². The van der Waals surface area contributed by atoms with Crippen LogP contribution < -0.4 is 10.6 Å². The van der Waals surface area contributed by atoms with Gasteiger partial charge in [-0.3, -0.25) is 4.79 Å². The Morgan fingerprint density at radius 2 is 1.92 bits per heavy atom. The number of para-hydroxylation sites is 1. The summed E-state index contributed by atoms with van der Waals surface area (Å²) in [6.07, 6.45) is 0. The Balaban J connectivity index is 0.00000264. The minimum Gasteiger partial charge on any atom is -0.451 e. The highest BCUT2D eigenvalue weighted by atomic mass is 35.5. The van der Waals surface area contributed by atoms with Crippen LogP contribution in [0.25, 0.3) is 11.0 Å². The molecule has 136 valence electrons. The number of carbonyl (C=O) groups is 1. The van der Waals surface area contributed by atoms with Gasteiger partial charge in [0.15, 0.2) is 5.76 Å². The number of benzene rings is 1. The SMILES string of the molecule is CCN[C@H](C)CNC(=O)c1oc2ccccc2c1CN(C)C.Cl.Cl. The molecule has 0 spiro atoms. The summed E-state index contributed by atoms with van der Waals surface area (Å²) in [4.78, 5) is 14.5. The largest absolute Gasteiger partial charge is 0.451 e. The minimum absolute atomic E-state index is 0.